The Bertz CT molecular complexity index is 1390. The number of fused-ring (bicyclic) bond motifs is 3. The van der Waals surface area contributed by atoms with Crippen molar-refractivity contribution in [1.29, 1.82) is 0 Å². The van der Waals surface area contributed by atoms with Crippen LogP contribution in [0.5, 0.6) is 0 Å². The molecule has 6 rings (SSSR count). The Morgan fingerprint density at radius 1 is 0.676 bits per heavy atom. The molecule has 186 valence electrons. The molecule has 3 heteroatoms. The van der Waals surface area contributed by atoms with Gasteiger partial charge in [-0.25, -0.2) is 11.6 Å². The van der Waals surface area contributed by atoms with Crippen molar-refractivity contribution in [3.8, 4) is 0 Å². The average molecular weight is 601 g/mol. The fourth-order valence-corrected chi connectivity index (χ4v) is 4.96. The Hall–Kier alpha value is -2.44. The summed E-state index contributed by atoms with van der Waals surface area (Å²) in [7, 11) is 0. The van der Waals surface area contributed by atoms with Crippen LogP contribution in [0.3, 0.4) is 0 Å². The molecule has 0 saturated heterocycles. The summed E-state index contributed by atoms with van der Waals surface area (Å²) in [6.45, 7) is 6.37. The molecule has 1 aliphatic rings. The van der Waals surface area contributed by atoms with Crippen LogP contribution in [-0.2, 0) is 24.2 Å². The van der Waals surface area contributed by atoms with Gasteiger partial charge in [0.2, 0.25) is 0 Å². The number of allylic oxidation sites excluding steroid dienone is 4. The molecule has 5 aromatic rings. The molecule has 0 fully saturated rings. The van der Waals surface area contributed by atoms with E-state index in [0.29, 0.717) is 0 Å². The van der Waals surface area contributed by atoms with Crippen molar-refractivity contribution in [2.24, 2.45) is 0 Å². The molecule has 0 bridgehead atoms. The molecular formula is C34H30Cl2Zr-2. The summed E-state index contributed by atoms with van der Waals surface area (Å²) in [5, 5.41) is 5.46. The second-order valence-electron chi connectivity index (χ2n) is 8.93. The van der Waals surface area contributed by atoms with Crippen LogP contribution in [-0.4, -0.2) is 3.21 Å². The van der Waals surface area contributed by atoms with Gasteiger partial charge in [-0.2, -0.15) is 6.08 Å². The maximum atomic E-state index is 3.05. The first-order chi connectivity index (χ1) is 17.0. The van der Waals surface area contributed by atoms with E-state index in [-0.39, 0.29) is 24.8 Å². The SMILES string of the molecule is CC1=CC[C-]=C1.Cc1ccc2c(c1)[cH-]c1cc(C)ccc12.[Cl-].[Cl-].[Zr+2]=[C](c1ccccc1)c1ccccc1. The Morgan fingerprint density at radius 2 is 1.14 bits per heavy atom. The van der Waals surface area contributed by atoms with E-state index in [0.717, 1.165) is 6.42 Å². The zero-order valence-electron chi connectivity index (χ0n) is 21.4. The van der Waals surface area contributed by atoms with Crippen molar-refractivity contribution in [3.63, 3.8) is 0 Å². The van der Waals surface area contributed by atoms with E-state index < -0.39 is 0 Å². The van der Waals surface area contributed by atoms with Crippen LogP contribution in [0.15, 0.2) is 121 Å². The molecule has 0 heterocycles. The Balaban J connectivity index is 0.000000205. The molecule has 5 aromatic carbocycles. The minimum atomic E-state index is 0. The summed E-state index contributed by atoms with van der Waals surface area (Å²) in [6.07, 6.45) is 8.24. The van der Waals surface area contributed by atoms with Gasteiger partial charge in [0.1, 0.15) is 0 Å². The van der Waals surface area contributed by atoms with Gasteiger partial charge in [0.25, 0.3) is 0 Å². The molecule has 0 N–H and O–H groups in total. The Kier molecular flexibility index (Phi) is 12.6. The van der Waals surface area contributed by atoms with Crippen molar-refractivity contribution in [1.82, 2.24) is 0 Å². The van der Waals surface area contributed by atoms with Gasteiger partial charge in [0.05, 0.1) is 0 Å². The normalized spacial score (nSPS) is 11.3. The van der Waals surface area contributed by atoms with Crippen molar-refractivity contribution in [2.45, 2.75) is 27.2 Å². The van der Waals surface area contributed by atoms with Gasteiger partial charge in [0.15, 0.2) is 0 Å². The van der Waals surface area contributed by atoms with E-state index in [1.165, 1.54) is 76.8 Å². The van der Waals surface area contributed by atoms with Crippen LogP contribution in [0.25, 0.3) is 21.5 Å². The number of rotatable bonds is 2. The molecule has 0 spiro atoms. The maximum absolute atomic E-state index is 3.05. The first kappa shape index (κ1) is 30.8. The topological polar surface area (TPSA) is 0 Å². The van der Waals surface area contributed by atoms with Crippen molar-refractivity contribution < 1.29 is 49.0 Å². The first-order valence-corrected chi connectivity index (χ1v) is 13.2. The van der Waals surface area contributed by atoms with E-state index >= 15 is 0 Å². The second kappa shape index (κ2) is 15.1. The second-order valence-corrected chi connectivity index (χ2v) is 10.2. The van der Waals surface area contributed by atoms with E-state index in [1.807, 2.05) is 6.08 Å². The first-order valence-electron chi connectivity index (χ1n) is 12.0. The summed E-state index contributed by atoms with van der Waals surface area (Å²) in [5.74, 6) is 0. The summed E-state index contributed by atoms with van der Waals surface area (Å²) < 4.78 is 1.42. The predicted molar refractivity (Wildman–Crippen MR) is 149 cm³/mol. The van der Waals surface area contributed by atoms with E-state index in [4.69, 9.17) is 0 Å². The fraction of sp³-hybridized carbons (Fsp3) is 0.118. The van der Waals surface area contributed by atoms with Gasteiger partial charge in [-0.15, -0.1) is 53.1 Å². The van der Waals surface area contributed by atoms with Crippen LogP contribution in [0.1, 0.15) is 35.6 Å². The Morgan fingerprint density at radius 3 is 1.49 bits per heavy atom. The van der Waals surface area contributed by atoms with Gasteiger partial charge in [-0.05, 0) is 13.8 Å². The third-order valence-electron chi connectivity index (χ3n) is 6.01. The van der Waals surface area contributed by atoms with Crippen LogP contribution < -0.4 is 24.8 Å². The molecule has 0 radical (unpaired) electrons. The number of aryl methyl sites for hydroxylation is 2. The number of hydrogen-bond donors (Lipinski definition) is 0. The number of hydrogen-bond acceptors (Lipinski definition) is 0. The molecule has 0 aliphatic heterocycles. The van der Waals surface area contributed by atoms with Crippen LogP contribution in [0.4, 0.5) is 0 Å². The van der Waals surface area contributed by atoms with Crippen molar-refractivity contribution >= 4 is 24.8 Å². The van der Waals surface area contributed by atoms with Gasteiger partial charge >= 0.3 is 99.2 Å². The molecule has 0 aromatic heterocycles. The molecule has 0 unspecified atom stereocenters. The molecule has 1 aliphatic carbocycles. The summed E-state index contributed by atoms with van der Waals surface area (Å²) >= 11 is 1.46. The third kappa shape index (κ3) is 8.54. The van der Waals surface area contributed by atoms with E-state index in [2.05, 4.69) is 136 Å². The predicted octanol–water partition coefficient (Wildman–Crippen LogP) is 2.83. The van der Waals surface area contributed by atoms with Crippen LogP contribution in [0, 0.1) is 19.9 Å². The summed E-state index contributed by atoms with van der Waals surface area (Å²) in [5.41, 5.74) is 6.66. The van der Waals surface area contributed by atoms with Gasteiger partial charge in [-0.3, -0.25) is 6.08 Å². The fourth-order valence-electron chi connectivity index (χ4n) is 4.14. The van der Waals surface area contributed by atoms with Gasteiger partial charge < -0.3 is 24.8 Å². The molecule has 0 atom stereocenters. The third-order valence-corrected chi connectivity index (χ3v) is 7.43. The zero-order chi connectivity index (χ0) is 24.6. The summed E-state index contributed by atoms with van der Waals surface area (Å²) in [6, 6.07) is 36.7. The van der Waals surface area contributed by atoms with Crippen LogP contribution in [0.2, 0.25) is 0 Å². The number of halogens is 2. The molecule has 0 saturated carbocycles. The van der Waals surface area contributed by atoms with Crippen molar-refractivity contribution in [3.05, 3.63) is 149 Å². The molecule has 37 heavy (non-hydrogen) atoms. The standard InChI is InChI=1S/C15H13.C13H10.C6H7.2ClH.Zr/c1-10-3-5-14-12(7-10)9-13-8-11(2)4-6-15(13)14;1-3-7-12(8-4-1)11-13-9-5-2-6-10-13;1-6-4-2-3-5-6;;;/h3-9H,1-2H3;1-10H;4-5H,2H2,1H3;2*1H;/q-1;;-1;;;+2/p-2. The molecule has 0 amide bonds. The van der Waals surface area contributed by atoms with Gasteiger partial charge in [0, 0.05) is 0 Å². The van der Waals surface area contributed by atoms with E-state index in [1.54, 1.807) is 0 Å². The van der Waals surface area contributed by atoms with Crippen LogP contribution >= 0.6 is 0 Å². The zero-order valence-corrected chi connectivity index (χ0v) is 25.4. The van der Waals surface area contributed by atoms with Gasteiger partial charge in [-0.1, -0.05) is 35.4 Å². The Labute approximate surface area is 248 Å². The number of benzene rings is 4. The minimum absolute atomic E-state index is 0. The average Bonchev–Trinajstić information content (AvgIpc) is 3.50. The monoisotopic (exact) mass is 598 g/mol. The quantitative estimate of drug-likeness (QED) is 0.274. The molecule has 0 nitrogen and oxygen atoms in total. The summed E-state index contributed by atoms with van der Waals surface area (Å²) in [4.78, 5) is 0. The van der Waals surface area contributed by atoms with Crippen molar-refractivity contribution in [2.75, 3.05) is 0 Å². The molecular weight excluding hydrogens is 571 g/mol. The van der Waals surface area contributed by atoms with E-state index in [9.17, 15) is 0 Å².